The molecule has 0 aromatic heterocycles. The van der Waals surface area contributed by atoms with Gasteiger partial charge in [0, 0.05) is 12.0 Å². The molecule has 0 spiro atoms. The minimum atomic E-state index is -0.480. The topological polar surface area (TPSA) is 55.1 Å². The molecule has 2 rings (SSSR count). The Balaban J connectivity index is 1.94. The Labute approximate surface area is 119 Å². The molecule has 0 saturated heterocycles. The fourth-order valence-corrected chi connectivity index (χ4v) is 2.59. The van der Waals surface area contributed by atoms with E-state index in [0.717, 1.165) is 12.8 Å². The summed E-state index contributed by atoms with van der Waals surface area (Å²) in [5.74, 6) is 0.0595. The third-order valence-electron chi connectivity index (χ3n) is 3.96. The van der Waals surface area contributed by atoms with Crippen LogP contribution in [0.3, 0.4) is 0 Å². The largest absolute Gasteiger partial charge is 0.354 e. The summed E-state index contributed by atoms with van der Waals surface area (Å²) < 4.78 is 13.8. The lowest BCUT2D eigenvalue weighted by atomic mass is 9.95. The van der Waals surface area contributed by atoms with Gasteiger partial charge in [0.1, 0.15) is 5.82 Å². The normalized spacial score (nSPS) is 17.9. The first-order valence-corrected chi connectivity index (χ1v) is 7.23. The van der Waals surface area contributed by atoms with E-state index >= 15 is 0 Å². The van der Waals surface area contributed by atoms with Crippen LogP contribution in [0, 0.1) is 11.7 Å². The second-order valence-corrected chi connectivity index (χ2v) is 6.21. The third kappa shape index (κ3) is 3.37. The van der Waals surface area contributed by atoms with Crippen LogP contribution in [0.1, 0.15) is 38.7 Å². The third-order valence-corrected chi connectivity index (χ3v) is 3.96. The van der Waals surface area contributed by atoms with Gasteiger partial charge in [-0.3, -0.25) is 4.79 Å². The minimum Gasteiger partial charge on any atom is -0.354 e. The van der Waals surface area contributed by atoms with Crippen LogP contribution in [0.25, 0.3) is 0 Å². The van der Waals surface area contributed by atoms with E-state index in [2.05, 4.69) is 5.32 Å². The Morgan fingerprint density at radius 2 is 2.05 bits per heavy atom. The summed E-state index contributed by atoms with van der Waals surface area (Å²) in [6.07, 6.45) is 2.49. The quantitative estimate of drug-likeness (QED) is 0.839. The van der Waals surface area contributed by atoms with E-state index in [4.69, 9.17) is 5.73 Å². The number of nitrogens with one attached hydrogen (secondary N) is 1. The van der Waals surface area contributed by atoms with Gasteiger partial charge in [-0.15, -0.1) is 0 Å². The molecule has 1 aromatic carbocycles. The zero-order valence-electron chi connectivity index (χ0n) is 12.2. The Kier molecular flexibility index (Phi) is 4.43. The van der Waals surface area contributed by atoms with Crippen LogP contribution in [0.5, 0.6) is 0 Å². The number of carbonyl (C=O) groups excluding carboxylic acids is 1. The molecule has 1 aliphatic rings. The molecule has 0 bridgehead atoms. The van der Waals surface area contributed by atoms with Crippen molar-refractivity contribution in [3.63, 3.8) is 0 Å². The number of halogens is 1. The summed E-state index contributed by atoms with van der Waals surface area (Å²) in [5.41, 5.74) is 6.33. The molecule has 0 aliphatic heterocycles. The smallest absolute Gasteiger partial charge is 0.236 e. The van der Waals surface area contributed by atoms with Crippen molar-refractivity contribution in [2.24, 2.45) is 11.7 Å². The van der Waals surface area contributed by atoms with Crippen LogP contribution in [-0.4, -0.2) is 18.5 Å². The summed E-state index contributed by atoms with van der Waals surface area (Å²) in [5, 5.41) is 2.89. The molecule has 1 aromatic rings. The van der Waals surface area contributed by atoms with Crippen molar-refractivity contribution >= 4 is 5.91 Å². The molecule has 3 N–H and O–H groups in total. The van der Waals surface area contributed by atoms with Crippen molar-refractivity contribution in [3.8, 4) is 0 Å². The van der Waals surface area contributed by atoms with Crippen LogP contribution in [-0.2, 0) is 10.2 Å². The van der Waals surface area contributed by atoms with E-state index in [1.807, 2.05) is 26.0 Å². The number of benzene rings is 1. The van der Waals surface area contributed by atoms with Crippen LogP contribution < -0.4 is 11.1 Å². The number of carbonyl (C=O) groups is 1. The molecular formula is C16H23FN2O. The van der Waals surface area contributed by atoms with Crippen molar-refractivity contribution in [1.82, 2.24) is 5.32 Å². The molecule has 0 radical (unpaired) electrons. The number of hydrogen-bond acceptors (Lipinski definition) is 2. The standard InChI is InChI=1S/C16H23FN2O/c1-11(2)9-14(18)15(20)19-10-16(7-8-16)12-5-3-4-6-13(12)17/h3-6,11,14H,7-10,18H2,1-2H3,(H,19,20)/t14-/m0/s1. The van der Waals surface area contributed by atoms with Gasteiger partial charge in [-0.05, 0) is 36.8 Å². The van der Waals surface area contributed by atoms with Crippen molar-refractivity contribution in [1.29, 1.82) is 0 Å². The highest BCUT2D eigenvalue weighted by Crippen LogP contribution is 2.48. The van der Waals surface area contributed by atoms with Crippen LogP contribution in [0.2, 0.25) is 0 Å². The summed E-state index contributed by atoms with van der Waals surface area (Å²) in [4.78, 5) is 11.9. The molecule has 1 amide bonds. The van der Waals surface area contributed by atoms with Gasteiger partial charge < -0.3 is 11.1 Å². The van der Waals surface area contributed by atoms with E-state index in [-0.39, 0.29) is 17.1 Å². The Morgan fingerprint density at radius 1 is 1.40 bits per heavy atom. The lowest BCUT2D eigenvalue weighted by Crippen LogP contribution is -2.44. The summed E-state index contributed by atoms with van der Waals surface area (Å²) >= 11 is 0. The maximum absolute atomic E-state index is 13.8. The summed E-state index contributed by atoms with van der Waals surface area (Å²) in [6.45, 7) is 4.54. The van der Waals surface area contributed by atoms with Gasteiger partial charge in [-0.2, -0.15) is 0 Å². The zero-order chi connectivity index (χ0) is 14.8. The number of rotatable bonds is 6. The molecule has 110 valence electrons. The molecular weight excluding hydrogens is 255 g/mol. The Hall–Kier alpha value is -1.42. The van der Waals surface area contributed by atoms with Gasteiger partial charge >= 0.3 is 0 Å². The average Bonchev–Trinajstić information content (AvgIpc) is 3.16. The fraction of sp³-hybridized carbons (Fsp3) is 0.562. The fourth-order valence-electron chi connectivity index (χ4n) is 2.59. The molecule has 4 heteroatoms. The lowest BCUT2D eigenvalue weighted by Gasteiger charge is -2.20. The van der Waals surface area contributed by atoms with E-state index in [1.54, 1.807) is 6.07 Å². The van der Waals surface area contributed by atoms with Crippen LogP contribution in [0.4, 0.5) is 4.39 Å². The molecule has 0 heterocycles. The molecule has 20 heavy (non-hydrogen) atoms. The maximum Gasteiger partial charge on any atom is 0.236 e. The highest BCUT2D eigenvalue weighted by atomic mass is 19.1. The summed E-state index contributed by atoms with van der Waals surface area (Å²) in [6, 6.07) is 6.33. The second kappa shape index (κ2) is 5.92. The van der Waals surface area contributed by atoms with Crippen molar-refractivity contribution < 1.29 is 9.18 Å². The number of nitrogens with two attached hydrogens (primary N) is 1. The van der Waals surface area contributed by atoms with Gasteiger partial charge in [0.05, 0.1) is 6.04 Å². The maximum atomic E-state index is 13.8. The molecule has 1 atom stereocenters. The first kappa shape index (κ1) is 15.0. The van der Waals surface area contributed by atoms with Crippen molar-refractivity contribution in [3.05, 3.63) is 35.6 Å². The molecule has 1 saturated carbocycles. The van der Waals surface area contributed by atoms with Crippen molar-refractivity contribution in [2.45, 2.75) is 44.6 Å². The van der Waals surface area contributed by atoms with Gasteiger partial charge in [0.2, 0.25) is 5.91 Å². The predicted molar refractivity (Wildman–Crippen MR) is 77.8 cm³/mol. The van der Waals surface area contributed by atoms with E-state index < -0.39 is 6.04 Å². The average molecular weight is 278 g/mol. The Morgan fingerprint density at radius 3 is 2.60 bits per heavy atom. The summed E-state index contributed by atoms with van der Waals surface area (Å²) in [7, 11) is 0. The highest BCUT2D eigenvalue weighted by Gasteiger charge is 2.46. The SMILES string of the molecule is CC(C)C[C@H](N)C(=O)NCC1(c2ccccc2F)CC1. The van der Waals surface area contributed by atoms with E-state index in [1.165, 1.54) is 6.07 Å². The lowest BCUT2D eigenvalue weighted by molar-refractivity contribution is -0.122. The van der Waals surface area contributed by atoms with Gasteiger partial charge in [-0.1, -0.05) is 32.0 Å². The van der Waals surface area contributed by atoms with Crippen molar-refractivity contribution in [2.75, 3.05) is 6.54 Å². The molecule has 0 unspecified atom stereocenters. The van der Waals surface area contributed by atoms with Gasteiger partial charge in [0.25, 0.3) is 0 Å². The molecule has 3 nitrogen and oxygen atoms in total. The molecule has 1 fully saturated rings. The van der Waals surface area contributed by atoms with E-state index in [9.17, 15) is 9.18 Å². The van der Waals surface area contributed by atoms with Gasteiger partial charge in [-0.25, -0.2) is 4.39 Å². The predicted octanol–water partition coefficient (Wildman–Crippen LogP) is 2.35. The first-order valence-electron chi connectivity index (χ1n) is 7.23. The number of amides is 1. The minimum absolute atomic E-state index is 0.138. The van der Waals surface area contributed by atoms with Crippen LogP contribution >= 0.6 is 0 Å². The van der Waals surface area contributed by atoms with E-state index in [0.29, 0.717) is 24.4 Å². The monoisotopic (exact) mass is 278 g/mol. The Bertz CT molecular complexity index is 483. The highest BCUT2D eigenvalue weighted by molar-refractivity contribution is 5.81. The molecule has 1 aliphatic carbocycles. The van der Waals surface area contributed by atoms with Gasteiger partial charge in [0.15, 0.2) is 0 Å². The zero-order valence-corrected chi connectivity index (χ0v) is 12.2. The first-order chi connectivity index (χ1) is 9.44. The van der Waals surface area contributed by atoms with Crippen LogP contribution in [0.15, 0.2) is 24.3 Å². The second-order valence-electron chi connectivity index (χ2n) is 6.21. The number of hydrogen-bond donors (Lipinski definition) is 2.